The van der Waals surface area contributed by atoms with Gasteiger partial charge in [0.1, 0.15) is 0 Å². The lowest BCUT2D eigenvalue weighted by Crippen LogP contribution is -2.50. The Labute approximate surface area is 103 Å². The molecule has 0 aliphatic carbocycles. The summed E-state index contributed by atoms with van der Waals surface area (Å²) in [5.41, 5.74) is 5.45. The first-order chi connectivity index (χ1) is 8.20. The molecular weight excluding hydrogens is 218 g/mol. The van der Waals surface area contributed by atoms with E-state index in [4.69, 9.17) is 10.5 Å². The first-order valence-corrected chi connectivity index (χ1v) is 6.54. The van der Waals surface area contributed by atoms with E-state index in [2.05, 4.69) is 10.2 Å². The van der Waals surface area contributed by atoms with Crippen LogP contribution in [0.4, 0.5) is 0 Å². The number of rotatable bonds is 4. The zero-order chi connectivity index (χ0) is 12.3. The molecule has 5 heteroatoms. The summed E-state index contributed by atoms with van der Waals surface area (Å²) < 4.78 is 5.77. The average molecular weight is 241 g/mol. The van der Waals surface area contributed by atoms with Crippen LogP contribution in [0.25, 0.3) is 0 Å². The van der Waals surface area contributed by atoms with Crippen molar-refractivity contribution in [3.8, 4) is 0 Å². The van der Waals surface area contributed by atoms with Crippen LogP contribution in [0, 0.1) is 5.92 Å². The summed E-state index contributed by atoms with van der Waals surface area (Å²) in [5, 5.41) is 2.91. The summed E-state index contributed by atoms with van der Waals surface area (Å²) in [6, 6.07) is 0.616. The van der Waals surface area contributed by atoms with Gasteiger partial charge in [-0.3, -0.25) is 9.69 Å². The Morgan fingerprint density at radius 1 is 1.65 bits per heavy atom. The summed E-state index contributed by atoms with van der Waals surface area (Å²) in [4.78, 5) is 14.1. The van der Waals surface area contributed by atoms with Gasteiger partial charge in [-0.2, -0.15) is 0 Å². The lowest BCUT2D eigenvalue weighted by Gasteiger charge is -2.35. The molecule has 98 valence electrons. The van der Waals surface area contributed by atoms with Crippen LogP contribution in [-0.4, -0.2) is 55.7 Å². The summed E-state index contributed by atoms with van der Waals surface area (Å²) >= 11 is 0. The van der Waals surface area contributed by atoms with E-state index in [-0.39, 0.29) is 17.9 Å². The van der Waals surface area contributed by atoms with Gasteiger partial charge in [0.2, 0.25) is 5.91 Å². The molecule has 0 saturated carbocycles. The van der Waals surface area contributed by atoms with E-state index in [0.29, 0.717) is 19.1 Å². The fourth-order valence-corrected chi connectivity index (χ4v) is 2.50. The van der Waals surface area contributed by atoms with Gasteiger partial charge in [-0.15, -0.1) is 0 Å². The molecule has 2 rings (SSSR count). The molecule has 0 bridgehead atoms. The number of ether oxygens (including phenoxy) is 1. The number of morpholine rings is 1. The number of carbonyl (C=O) groups is 1. The van der Waals surface area contributed by atoms with E-state index >= 15 is 0 Å². The van der Waals surface area contributed by atoms with Gasteiger partial charge >= 0.3 is 0 Å². The van der Waals surface area contributed by atoms with Crippen LogP contribution in [0.2, 0.25) is 0 Å². The van der Waals surface area contributed by atoms with Crippen molar-refractivity contribution in [1.29, 1.82) is 0 Å². The lowest BCUT2D eigenvalue weighted by molar-refractivity contribution is -0.125. The summed E-state index contributed by atoms with van der Waals surface area (Å²) in [6.45, 7) is 5.78. The molecule has 0 spiro atoms. The van der Waals surface area contributed by atoms with Crippen molar-refractivity contribution in [3.63, 3.8) is 0 Å². The third-order valence-corrected chi connectivity index (χ3v) is 3.77. The highest BCUT2D eigenvalue weighted by molar-refractivity contribution is 5.78. The van der Waals surface area contributed by atoms with Crippen LogP contribution in [0.3, 0.4) is 0 Å². The van der Waals surface area contributed by atoms with Crippen molar-refractivity contribution in [2.24, 2.45) is 11.7 Å². The largest absolute Gasteiger partial charge is 0.373 e. The van der Waals surface area contributed by atoms with Gasteiger partial charge in [-0.05, 0) is 19.4 Å². The Morgan fingerprint density at radius 2 is 2.47 bits per heavy atom. The van der Waals surface area contributed by atoms with Crippen molar-refractivity contribution in [1.82, 2.24) is 10.2 Å². The predicted octanol–water partition coefficient (Wildman–Crippen LogP) is -0.439. The van der Waals surface area contributed by atoms with Crippen molar-refractivity contribution in [2.45, 2.75) is 31.9 Å². The molecule has 3 unspecified atom stereocenters. The van der Waals surface area contributed by atoms with Crippen LogP contribution in [0.15, 0.2) is 0 Å². The second kappa shape index (κ2) is 5.80. The molecule has 2 aliphatic rings. The SMILES string of the molecule is CC(CN)C(=O)NCC1CN2CCCC2CO1. The number of carbonyl (C=O) groups excluding carboxylic acids is 1. The Balaban J connectivity index is 1.71. The Hall–Kier alpha value is -0.650. The first kappa shape index (κ1) is 12.8. The normalized spacial score (nSPS) is 30.9. The highest BCUT2D eigenvalue weighted by Crippen LogP contribution is 2.22. The monoisotopic (exact) mass is 241 g/mol. The van der Waals surface area contributed by atoms with Crippen LogP contribution < -0.4 is 11.1 Å². The molecule has 1 amide bonds. The second-order valence-corrected chi connectivity index (χ2v) is 5.13. The molecule has 3 N–H and O–H groups in total. The Bertz CT molecular complexity index is 272. The van der Waals surface area contributed by atoms with Gasteiger partial charge in [-0.25, -0.2) is 0 Å². The van der Waals surface area contributed by atoms with Crippen LogP contribution >= 0.6 is 0 Å². The van der Waals surface area contributed by atoms with E-state index in [1.165, 1.54) is 19.4 Å². The number of hydrogen-bond acceptors (Lipinski definition) is 4. The minimum absolute atomic E-state index is 0.0274. The van der Waals surface area contributed by atoms with Gasteiger partial charge in [0, 0.05) is 31.6 Å². The molecule has 2 aliphatic heterocycles. The maximum absolute atomic E-state index is 11.6. The van der Waals surface area contributed by atoms with Gasteiger partial charge in [0.05, 0.1) is 12.7 Å². The smallest absolute Gasteiger partial charge is 0.224 e. The number of nitrogens with two attached hydrogens (primary N) is 1. The third-order valence-electron chi connectivity index (χ3n) is 3.77. The number of amides is 1. The van der Waals surface area contributed by atoms with Crippen LogP contribution in [0.1, 0.15) is 19.8 Å². The lowest BCUT2D eigenvalue weighted by atomic mass is 10.1. The quantitative estimate of drug-likeness (QED) is 0.700. The van der Waals surface area contributed by atoms with Crippen molar-refractivity contribution in [2.75, 3.05) is 32.8 Å². The molecule has 2 heterocycles. The Morgan fingerprint density at radius 3 is 3.24 bits per heavy atom. The molecule has 17 heavy (non-hydrogen) atoms. The molecule has 0 radical (unpaired) electrons. The van der Waals surface area contributed by atoms with E-state index in [9.17, 15) is 4.79 Å². The topological polar surface area (TPSA) is 67.6 Å². The standard InChI is InChI=1S/C12H23N3O2/c1-9(5-13)12(16)14-6-11-7-15-4-2-3-10(15)8-17-11/h9-11H,2-8,13H2,1H3,(H,14,16). The fraction of sp³-hybridized carbons (Fsp3) is 0.917. The highest BCUT2D eigenvalue weighted by atomic mass is 16.5. The molecule has 5 nitrogen and oxygen atoms in total. The summed E-state index contributed by atoms with van der Waals surface area (Å²) in [5.74, 6) is -0.0854. The van der Waals surface area contributed by atoms with Crippen LogP contribution in [0.5, 0.6) is 0 Å². The van der Waals surface area contributed by atoms with Crippen LogP contribution in [-0.2, 0) is 9.53 Å². The Kier molecular flexibility index (Phi) is 4.36. The van der Waals surface area contributed by atoms with Crippen molar-refractivity contribution < 1.29 is 9.53 Å². The maximum Gasteiger partial charge on any atom is 0.224 e. The molecule has 0 aromatic carbocycles. The van der Waals surface area contributed by atoms with E-state index in [1.807, 2.05) is 6.92 Å². The van der Waals surface area contributed by atoms with E-state index in [1.54, 1.807) is 0 Å². The van der Waals surface area contributed by atoms with Gasteiger partial charge < -0.3 is 15.8 Å². The number of hydrogen-bond donors (Lipinski definition) is 2. The van der Waals surface area contributed by atoms with Crippen molar-refractivity contribution >= 4 is 5.91 Å². The van der Waals surface area contributed by atoms with Crippen molar-refractivity contribution in [3.05, 3.63) is 0 Å². The average Bonchev–Trinajstić information content (AvgIpc) is 2.82. The number of fused-ring (bicyclic) bond motifs is 1. The molecular formula is C12H23N3O2. The zero-order valence-corrected chi connectivity index (χ0v) is 10.5. The molecule has 2 saturated heterocycles. The summed E-state index contributed by atoms with van der Waals surface area (Å²) in [6.07, 6.45) is 2.67. The minimum atomic E-state index is -0.113. The number of nitrogens with one attached hydrogen (secondary N) is 1. The van der Waals surface area contributed by atoms with E-state index in [0.717, 1.165) is 13.2 Å². The molecule has 0 aromatic heterocycles. The van der Waals surface area contributed by atoms with Gasteiger partial charge in [-0.1, -0.05) is 6.92 Å². The molecule has 2 fully saturated rings. The predicted molar refractivity (Wildman–Crippen MR) is 65.6 cm³/mol. The molecule has 0 aromatic rings. The first-order valence-electron chi connectivity index (χ1n) is 6.54. The minimum Gasteiger partial charge on any atom is -0.373 e. The maximum atomic E-state index is 11.6. The molecule has 3 atom stereocenters. The van der Waals surface area contributed by atoms with Gasteiger partial charge in [0.25, 0.3) is 0 Å². The second-order valence-electron chi connectivity index (χ2n) is 5.13. The summed E-state index contributed by atoms with van der Waals surface area (Å²) in [7, 11) is 0. The van der Waals surface area contributed by atoms with Gasteiger partial charge in [0.15, 0.2) is 0 Å². The third kappa shape index (κ3) is 3.18. The fourth-order valence-electron chi connectivity index (χ4n) is 2.50. The zero-order valence-electron chi connectivity index (χ0n) is 10.5. The highest BCUT2D eigenvalue weighted by Gasteiger charge is 2.32. The number of nitrogens with zero attached hydrogens (tertiary/aromatic N) is 1. The van der Waals surface area contributed by atoms with E-state index < -0.39 is 0 Å².